The number of rotatable bonds is 5. The van der Waals surface area contributed by atoms with Crippen LogP contribution in [-0.2, 0) is 11.3 Å². The Morgan fingerprint density at radius 3 is 2.81 bits per heavy atom. The van der Waals surface area contributed by atoms with E-state index >= 15 is 0 Å². The molecule has 0 aromatic heterocycles. The Bertz CT molecular complexity index is 472. The molecule has 1 saturated heterocycles. The Labute approximate surface area is 131 Å². The smallest absolute Gasteiger partial charge is 0.236 e. The summed E-state index contributed by atoms with van der Waals surface area (Å²) < 4.78 is 13.6. The highest BCUT2D eigenvalue weighted by molar-refractivity contribution is 5.85. The first-order valence-electron chi connectivity index (χ1n) is 7.00. The lowest BCUT2D eigenvalue weighted by molar-refractivity contribution is -0.131. The van der Waals surface area contributed by atoms with Crippen molar-refractivity contribution < 1.29 is 9.18 Å². The van der Waals surface area contributed by atoms with E-state index in [1.54, 1.807) is 30.1 Å². The number of hydrogen-bond acceptors (Lipinski definition) is 3. The standard InChI is InChI=1S/C15H22FN3O.ClH/c1-18(10-13-4-2-3-5-14(13)16)15(20)11-19-7-6-12(8-17)9-19;/h2-5,12H,6-11,17H2,1H3;1H. The van der Waals surface area contributed by atoms with Crippen LogP contribution in [0.3, 0.4) is 0 Å². The van der Waals surface area contributed by atoms with Crippen molar-refractivity contribution in [1.82, 2.24) is 9.80 Å². The van der Waals surface area contributed by atoms with Gasteiger partial charge in [0, 0.05) is 25.7 Å². The number of hydrogen-bond donors (Lipinski definition) is 1. The van der Waals surface area contributed by atoms with E-state index in [1.165, 1.54) is 6.07 Å². The Balaban J connectivity index is 0.00000220. The summed E-state index contributed by atoms with van der Waals surface area (Å²) in [5.41, 5.74) is 6.19. The molecule has 2 rings (SSSR count). The summed E-state index contributed by atoms with van der Waals surface area (Å²) in [7, 11) is 1.71. The summed E-state index contributed by atoms with van der Waals surface area (Å²) in [6, 6.07) is 6.56. The second kappa shape index (κ2) is 8.32. The van der Waals surface area contributed by atoms with Gasteiger partial charge in [0.2, 0.25) is 5.91 Å². The molecule has 0 bridgehead atoms. The predicted octanol–water partition coefficient (Wildman–Crippen LogP) is 1.49. The topological polar surface area (TPSA) is 49.6 Å². The first kappa shape index (κ1) is 17.9. The zero-order valence-electron chi connectivity index (χ0n) is 12.3. The Morgan fingerprint density at radius 2 is 2.19 bits per heavy atom. The third kappa shape index (κ3) is 4.95. The van der Waals surface area contributed by atoms with Gasteiger partial charge < -0.3 is 10.6 Å². The van der Waals surface area contributed by atoms with Crippen LogP contribution in [0.25, 0.3) is 0 Å². The molecule has 118 valence electrons. The second-order valence-corrected chi connectivity index (χ2v) is 5.47. The van der Waals surface area contributed by atoms with Crippen molar-refractivity contribution in [3.63, 3.8) is 0 Å². The number of carbonyl (C=O) groups excluding carboxylic acids is 1. The highest BCUT2D eigenvalue weighted by Crippen LogP contribution is 2.15. The molecule has 0 radical (unpaired) electrons. The second-order valence-electron chi connectivity index (χ2n) is 5.47. The van der Waals surface area contributed by atoms with E-state index in [0.717, 1.165) is 19.5 Å². The van der Waals surface area contributed by atoms with Gasteiger partial charge in [0.25, 0.3) is 0 Å². The van der Waals surface area contributed by atoms with Gasteiger partial charge in [0.15, 0.2) is 0 Å². The van der Waals surface area contributed by atoms with Gasteiger partial charge in [-0.05, 0) is 31.5 Å². The van der Waals surface area contributed by atoms with Crippen molar-refractivity contribution in [2.24, 2.45) is 11.7 Å². The SMILES string of the molecule is CN(Cc1ccccc1F)C(=O)CN1CCC(CN)C1.Cl. The van der Waals surface area contributed by atoms with Gasteiger partial charge in [-0.15, -0.1) is 12.4 Å². The average Bonchev–Trinajstić information content (AvgIpc) is 2.89. The van der Waals surface area contributed by atoms with E-state index in [0.29, 0.717) is 31.1 Å². The molecule has 1 amide bonds. The summed E-state index contributed by atoms with van der Waals surface area (Å²) >= 11 is 0. The van der Waals surface area contributed by atoms with Crippen LogP contribution in [0.1, 0.15) is 12.0 Å². The molecule has 1 aliphatic rings. The molecule has 1 heterocycles. The van der Waals surface area contributed by atoms with Crippen molar-refractivity contribution in [1.29, 1.82) is 0 Å². The number of amides is 1. The highest BCUT2D eigenvalue weighted by atomic mass is 35.5. The third-order valence-corrected chi connectivity index (χ3v) is 3.85. The number of likely N-dealkylation sites (tertiary alicyclic amines) is 1. The lowest BCUT2D eigenvalue weighted by atomic mass is 10.1. The summed E-state index contributed by atoms with van der Waals surface area (Å²) in [6.07, 6.45) is 1.06. The first-order valence-corrected chi connectivity index (χ1v) is 7.00. The largest absolute Gasteiger partial charge is 0.340 e. The molecule has 4 nitrogen and oxygen atoms in total. The van der Waals surface area contributed by atoms with E-state index in [1.807, 2.05) is 0 Å². The number of halogens is 2. The molecule has 21 heavy (non-hydrogen) atoms. The zero-order valence-corrected chi connectivity index (χ0v) is 13.1. The fraction of sp³-hybridized carbons (Fsp3) is 0.533. The van der Waals surface area contributed by atoms with Crippen LogP contribution < -0.4 is 5.73 Å². The maximum atomic E-state index is 13.6. The molecule has 1 aromatic rings. The Hall–Kier alpha value is -1.17. The van der Waals surface area contributed by atoms with Crippen molar-refractivity contribution in [2.75, 3.05) is 33.2 Å². The molecule has 1 aromatic carbocycles. The minimum absolute atomic E-state index is 0. The Morgan fingerprint density at radius 1 is 1.48 bits per heavy atom. The molecule has 1 fully saturated rings. The lowest BCUT2D eigenvalue weighted by Gasteiger charge is -2.22. The van der Waals surface area contributed by atoms with Crippen LogP contribution in [-0.4, -0.2) is 48.9 Å². The van der Waals surface area contributed by atoms with Gasteiger partial charge in [0.1, 0.15) is 5.82 Å². The fourth-order valence-corrected chi connectivity index (χ4v) is 2.53. The lowest BCUT2D eigenvalue weighted by Crippen LogP contribution is -2.37. The molecular formula is C15H23ClFN3O. The summed E-state index contributed by atoms with van der Waals surface area (Å²) in [5, 5.41) is 0. The summed E-state index contributed by atoms with van der Waals surface area (Å²) in [4.78, 5) is 15.8. The maximum absolute atomic E-state index is 13.6. The van der Waals surface area contributed by atoms with Crippen LogP contribution in [0.2, 0.25) is 0 Å². The Kier molecular flexibility index (Phi) is 7.08. The molecule has 0 aliphatic carbocycles. The first-order chi connectivity index (χ1) is 9.60. The summed E-state index contributed by atoms with van der Waals surface area (Å²) in [5.74, 6) is 0.252. The van der Waals surface area contributed by atoms with Crippen LogP contribution >= 0.6 is 12.4 Å². The van der Waals surface area contributed by atoms with E-state index in [-0.39, 0.29) is 24.1 Å². The molecular weight excluding hydrogens is 293 g/mol. The summed E-state index contributed by atoms with van der Waals surface area (Å²) in [6.45, 7) is 3.17. The van der Waals surface area contributed by atoms with Crippen molar-refractivity contribution in [2.45, 2.75) is 13.0 Å². The number of nitrogens with zero attached hydrogens (tertiary/aromatic N) is 2. The van der Waals surface area contributed by atoms with Crippen LogP contribution in [0.4, 0.5) is 4.39 Å². The van der Waals surface area contributed by atoms with Gasteiger partial charge in [0.05, 0.1) is 6.54 Å². The van der Waals surface area contributed by atoms with Crippen molar-refractivity contribution in [3.05, 3.63) is 35.6 Å². The van der Waals surface area contributed by atoms with E-state index < -0.39 is 0 Å². The van der Waals surface area contributed by atoms with Gasteiger partial charge in [-0.1, -0.05) is 18.2 Å². The van der Waals surface area contributed by atoms with Crippen LogP contribution in [0, 0.1) is 11.7 Å². The molecule has 1 aliphatic heterocycles. The minimum atomic E-state index is -0.267. The molecule has 2 N–H and O–H groups in total. The monoisotopic (exact) mass is 315 g/mol. The molecule has 1 unspecified atom stereocenters. The van der Waals surface area contributed by atoms with E-state index in [4.69, 9.17) is 5.73 Å². The molecule has 0 saturated carbocycles. The van der Waals surface area contributed by atoms with Gasteiger partial charge >= 0.3 is 0 Å². The maximum Gasteiger partial charge on any atom is 0.236 e. The van der Waals surface area contributed by atoms with Crippen LogP contribution in [0.15, 0.2) is 24.3 Å². The fourth-order valence-electron chi connectivity index (χ4n) is 2.53. The van der Waals surface area contributed by atoms with Gasteiger partial charge in [-0.2, -0.15) is 0 Å². The number of carbonyl (C=O) groups is 1. The van der Waals surface area contributed by atoms with E-state index in [2.05, 4.69) is 4.90 Å². The molecule has 1 atom stereocenters. The van der Waals surface area contributed by atoms with Crippen molar-refractivity contribution in [3.8, 4) is 0 Å². The van der Waals surface area contributed by atoms with E-state index in [9.17, 15) is 9.18 Å². The van der Waals surface area contributed by atoms with Crippen LogP contribution in [0.5, 0.6) is 0 Å². The average molecular weight is 316 g/mol. The van der Waals surface area contributed by atoms with Crippen molar-refractivity contribution >= 4 is 18.3 Å². The third-order valence-electron chi connectivity index (χ3n) is 3.85. The molecule has 0 spiro atoms. The number of likely N-dealkylation sites (N-methyl/N-ethyl adjacent to an activating group) is 1. The number of nitrogens with two attached hydrogens (primary N) is 1. The number of benzene rings is 1. The minimum Gasteiger partial charge on any atom is -0.340 e. The quantitative estimate of drug-likeness (QED) is 0.895. The zero-order chi connectivity index (χ0) is 14.5. The molecule has 6 heteroatoms. The normalized spacial score (nSPS) is 18.3. The van der Waals surface area contributed by atoms with Gasteiger partial charge in [-0.3, -0.25) is 9.69 Å². The predicted molar refractivity (Wildman–Crippen MR) is 83.7 cm³/mol. The van der Waals surface area contributed by atoms with Gasteiger partial charge in [-0.25, -0.2) is 4.39 Å². The highest BCUT2D eigenvalue weighted by Gasteiger charge is 2.24.